The van der Waals surface area contributed by atoms with Crippen molar-refractivity contribution in [2.75, 3.05) is 13.1 Å². The van der Waals surface area contributed by atoms with Crippen molar-refractivity contribution in [2.45, 2.75) is 45.3 Å². The fraction of sp³-hybridized carbons (Fsp3) is 0.357. The molecule has 1 aliphatic rings. The number of fused-ring (bicyclic) bond motifs is 1. The van der Waals surface area contributed by atoms with Gasteiger partial charge < -0.3 is 20.4 Å². The minimum absolute atomic E-state index is 0.0765. The molecule has 1 saturated heterocycles. The number of hydrazine groups is 1. The normalized spacial score (nSPS) is 15.9. The van der Waals surface area contributed by atoms with Crippen LogP contribution in [-0.2, 0) is 20.7 Å². The number of carbonyl (C=O) groups is 4. The Kier molecular flexibility index (Phi) is 8.18. The van der Waals surface area contributed by atoms with Crippen LogP contribution in [0.25, 0.3) is 10.9 Å². The molecule has 1 fully saturated rings. The van der Waals surface area contributed by atoms with Crippen LogP contribution in [0.1, 0.15) is 43.2 Å². The van der Waals surface area contributed by atoms with Gasteiger partial charge in [-0.15, -0.1) is 0 Å². The van der Waals surface area contributed by atoms with Crippen molar-refractivity contribution in [1.82, 2.24) is 26.1 Å². The molecule has 3 aromatic rings. The molecule has 0 unspecified atom stereocenters. The lowest BCUT2D eigenvalue weighted by Crippen LogP contribution is -2.57. The Balaban J connectivity index is 1.57. The van der Waals surface area contributed by atoms with E-state index in [1.165, 1.54) is 18.2 Å². The van der Waals surface area contributed by atoms with E-state index in [4.69, 9.17) is 4.74 Å². The summed E-state index contributed by atoms with van der Waals surface area (Å²) in [5.74, 6) is -2.54. The number of aromatic amines is 1. The zero-order valence-electron chi connectivity index (χ0n) is 22.0. The van der Waals surface area contributed by atoms with Gasteiger partial charge in [-0.1, -0.05) is 36.4 Å². The predicted molar refractivity (Wildman–Crippen MR) is 142 cm³/mol. The molecule has 0 saturated carbocycles. The van der Waals surface area contributed by atoms with Crippen molar-refractivity contribution in [2.24, 2.45) is 5.92 Å². The van der Waals surface area contributed by atoms with E-state index in [0.29, 0.717) is 18.5 Å². The third-order valence-electron chi connectivity index (χ3n) is 6.18. The van der Waals surface area contributed by atoms with Crippen molar-refractivity contribution in [3.63, 3.8) is 0 Å². The summed E-state index contributed by atoms with van der Waals surface area (Å²) in [6, 6.07) is 13.8. The second-order valence-corrected chi connectivity index (χ2v) is 10.4. The number of rotatable bonds is 7. The van der Waals surface area contributed by atoms with Crippen molar-refractivity contribution in [1.29, 1.82) is 0 Å². The first-order valence-corrected chi connectivity index (χ1v) is 12.7. The highest BCUT2D eigenvalue weighted by Gasteiger charge is 2.33. The smallest absolute Gasteiger partial charge is 0.429 e. The van der Waals surface area contributed by atoms with E-state index in [0.717, 1.165) is 10.6 Å². The maximum Gasteiger partial charge on any atom is 0.429 e. The molecule has 0 spiro atoms. The number of ether oxygens (including phenoxy) is 1. The molecule has 0 bridgehead atoms. The van der Waals surface area contributed by atoms with Crippen molar-refractivity contribution in [3.05, 3.63) is 71.7 Å². The number of amides is 4. The summed E-state index contributed by atoms with van der Waals surface area (Å²) in [7, 11) is 0. The first-order valence-electron chi connectivity index (χ1n) is 12.7. The SMILES string of the molecule is CC(C)(C)OC(=O)N(C[C@@H]1CCNC1=O)NC(=O)[C@H](Cc1ccccc1)NC(=O)c1cc2c(F)cccc2[nH]1. The molecule has 4 amide bonds. The summed E-state index contributed by atoms with van der Waals surface area (Å²) in [6.07, 6.45) is -0.222. The van der Waals surface area contributed by atoms with Crippen LogP contribution in [0.5, 0.6) is 0 Å². The van der Waals surface area contributed by atoms with Crippen LogP contribution in [0.3, 0.4) is 0 Å². The maximum atomic E-state index is 14.2. The van der Waals surface area contributed by atoms with Crippen molar-refractivity contribution < 1.29 is 28.3 Å². The molecule has 10 nitrogen and oxygen atoms in total. The Hall–Kier alpha value is -4.41. The molecule has 2 atom stereocenters. The maximum absolute atomic E-state index is 14.2. The van der Waals surface area contributed by atoms with Gasteiger partial charge in [-0.25, -0.2) is 14.2 Å². The zero-order chi connectivity index (χ0) is 28.2. The van der Waals surface area contributed by atoms with Crippen LogP contribution in [0.15, 0.2) is 54.6 Å². The highest BCUT2D eigenvalue weighted by atomic mass is 19.1. The van der Waals surface area contributed by atoms with Crippen LogP contribution in [0, 0.1) is 11.7 Å². The monoisotopic (exact) mass is 537 g/mol. The number of H-pyrrole nitrogens is 1. The van der Waals surface area contributed by atoms with Crippen molar-refractivity contribution >= 4 is 34.7 Å². The van der Waals surface area contributed by atoms with Crippen LogP contribution >= 0.6 is 0 Å². The molecule has 1 aromatic heterocycles. The van der Waals surface area contributed by atoms with E-state index in [-0.39, 0.29) is 30.0 Å². The largest absolute Gasteiger partial charge is 0.442 e. The molecule has 206 valence electrons. The van der Waals surface area contributed by atoms with Crippen molar-refractivity contribution in [3.8, 4) is 0 Å². The second kappa shape index (κ2) is 11.5. The van der Waals surface area contributed by atoms with Crippen LogP contribution in [0.4, 0.5) is 9.18 Å². The summed E-state index contributed by atoms with van der Waals surface area (Å²) in [5.41, 5.74) is 2.99. The Bertz CT molecular complexity index is 1370. The summed E-state index contributed by atoms with van der Waals surface area (Å²) in [4.78, 5) is 54.7. The molecule has 4 rings (SSSR count). The number of nitrogens with one attached hydrogen (secondary N) is 4. The number of hydrogen-bond donors (Lipinski definition) is 4. The topological polar surface area (TPSA) is 133 Å². The summed E-state index contributed by atoms with van der Waals surface area (Å²) >= 11 is 0. The third-order valence-corrected chi connectivity index (χ3v) is 6.18. The van der Waals surface area contributed by atoms with Crippen LogP contribution < -0.4 is 16.1 Å². The van der Waals surface area contributed by atoms with Gasteiger partial charge >= 0.3 is 6.09 Å². The lowest BCUT2D eigenvalue weighted by Gasteiger charge is -2.30. The third kappa shape index (κ3) is 7.13. The van der Waals surface area contributed by atoms with E-state index >= 15 is 0 Å². The Labute approximate surface area is 225 Å². The molecular formula is C28H32FN5O5. The minimum atomic E-state index is -1.11. The highest BCUT2D eigenvalue weighted by Crippen LogP contribution is 2.19. The van der Waals surface area contributed by atoms with Gasteiger partial charge in [0, 0.05) is 23.9 Å². The van der Waals surface area contributed by atoms with Gasteiger partial charge in [0.05, 0.1) is 12.5 Å². The second-order valence-electron chi connectivity index (χ2n) is 10.4. The predicted octanol–water partition coefficient (Wildman–Crippen LogP) is 3.05. The van der Waals surface area contributed by atoms with E-state index in [1.54, 1.807) is 51.1 Å². The average Bonchev–Trinajstić information content (AvgIpc) is 3.50. The molecule has 0 aliphatic carbocycles. The Morgan fingerprint density at radius 2 is 1.87 bits per heavy atom. The number of hydrogen-bond acceptors (Lipinski definition) is 5. The van der Waals surface area contributed by atoms with Gasteiger partial charge in [0.25, 0.3) is 11.8 Å². The molecule has 2 aromatic carbocycles. The highest BCUT2D eigenvalue weighted by molar-refractivity contribution is 6.00. The van der Waals surface area contributed by atoms with Gasteiger partial charge in [0.2, 0.25) is 5.91 Å². The van der Waals surface area contributed by atoms with Gasteiger partial charge in [-0.2, -0.15) is 0 Å². The molecule has 39 heavy (non-hydrogen) atoms. The summed E-state index contributed by atoms with van der Waals surface area (Å²) < 4.78 is 19.6. The summed E-state index contributed by atoms with van der Waals surface area (Å²) in [6.45, 7) is 5.44. The fourth-order valence-corrected chi connectivity index (χ4v) is 4.27. The van der Waals surface area contributed by atoms with Gasteiger partial charge in [-0.3, -0.25) is 19.8 Å². The van der Waals surface area contributed by atoms with E-state index in [2.05, 4.69) is 21.0 Å². The summed E-state index contributed by atoms with van der Waals surface area (Å²) in [5, 5.41) is 6.63. The fourth-order valence-electron chi connectivity index (χ4n) is 4.27. The minimum Gasteiger partial charge on any atom is -0.442 e. The first kappa shape index (κ1) is 27.6. The molecular weight excluding hydrogens is 505 g/mol. The number of benzene rings is 2. The molecule has 4 N–H and O–H groups in total. The quantitative estimate of drug-likeness (QED) is 0.344. The number of nitrogens with zero attached hydrogens (tertiary/aromatic N) is 1. The van der Waals surface area contributed by atoms with Gasteiger partial charge in [0.1, 0.15) is 23.2 Å². The Morgan fingerprint density at radius 1 is 1.13 bits per heavy atom. The lowest BCUT2D eigenvalue weighted by molar-refractivity contribution is -0.130. The van der Waals surface area contributed by atoms with Gasteiger partial charge in [-0.05, 0) is 51.0 Å². The van der Waals surface area contributed by atoms with Crippen LogP contribution in [0.2, 0.25) is 0 Å². The molecule has 2 heterocycles. The molecule has 1 aliphatic heterocycles. The number of halogens is 1. The van der Waals surface area contributed by atoms with E-state index < -0.39 is 41.3 Å². The van der Waals surface area contributed by atoms with Gasteiger partial charge in [0.15, 0.2) is 0 Å². The number of carbonyl (C=O) groups excluding carboxylic acids is 4. The van der Waals surface area contributed by atoms with Crippen LogP contribution in [-0.4, -0.2) is 58.5 Å². The zero-order valence-corrected chi connectivity index (χ0v) is 22.0. The standard InChI is InChI=1S/C28H32FN5O5/c1-28(2,3)39-27(38)34(16-18-12-13-30-24(18)35)33-26(37)22(14-17-8-5-4-6-9-17)32-25(36)23-15-19-20(29)10-7-11-21(19)31-23/h4-11,15,18,22,31H,12-14,16H2,1-3H3,(H,30,35)(H,32,36)(H,33,37)/t18-,22-/m0/s1. The van der Waals surface area contributed by atoms with E-state index in [9.17, 15) is 23.6 Å². The average molecular weight is 538 g/mol. The lowest BCUT2D eigenvalue weighted by atomic mass is 10.1. The Morgan fingerprint density at radius 3 is 2.51 bits per heavy atom. The molecule has 0 radical (unpaired) electrons. The first-order chi connectivity index (χ1) is 18.5. The van der Waals surface area contributed by atoms with E-state index in [1.807, 2.05) is 6.07 Å². The number of aromatic nitrogens is 1. The molecule has 11 heteroatoms.